The van der Waals surface area contributed by atoms with E-state index in [1.807, 2.05) is 30.3 Å². The van der Waals surface area contributed by atoms with Crippen LogP contribution >= 0.6 is 0 Å². The highest BCUT2D eigenvalue weighted by molar-refractivity contribution is 5.80. The number of carbonyl (C=O) groups excluding carboxylic acids is 2. The molecule has 0 radical (unpaired) electrons. The van der Waals surface area contributed by atoms with Gasteiger partial charge in [0.2, 0.25) is 11.8 Å². The third-order valence-corrected chi connectivity index (χ3v) is 3.71. The van der Waals surface area contributed by atoms with Crippen LogP contribution < -0.4 is 10.6 Å². The molecule has 1 aromatic rings. The molecule has 1 aliphatic carbocycles. The fourth-order valence-electron chi connectivity index (χ4n) is 2.52. The van der Waals surface area contributed by atoms with Gasteiger partial charge in [0.05, 0.1) is 0 Å². The number of hydrogen-bond acceptors (Lipinski definition) is 2. The Morgan fingerprint density at radius 3 is 2.45 bits per heavy atom. The van der Waals surface area contributed by atoms with Crippen molar-refractivity contribution in [1.29, 1.82) is 0 Å². The smallest absolute Gasteiger partial charge is 0.223 e. The van der Waals surface area contributed by atoms with Crippen molar-refractivity contribution in [3.63, 3.8) is 0 Å². The standard InChI is InChI=1S/C16H22N2O2/c19-15(18-12-13-6-2-1-3-7-13)10-11-17-16(20)14-8-4-5-9-14/h1-3,6-7,14H,4-5,8-12H2,(H,17,20)(H,18,19). The van der Waals surface area contributed by atoms with Crippen LogP contribution in [-0.2, 0) is 16.1 Å². The molecule has 1 aromatic carbocycles. The molecule has 4 nitrogen and oxygen atoms in total. The average molecular weight is 274 g/mol. The fourth-order valence-corrected chi connectivity index (χ4v) is 2.52. The van der Waals surface area contributed by atoms with Gasteiger partial charge in [-0.05, 0) is 18.4 Å². The first-order valence-electron chi connectivity index (χ1n) is 7.34. The van der Waals surface area contributed by atoms with Crippen LogP contribution in [0.2, 0.25) is 0 Å². The first-order chi connectivity index (χ1) is 9.75. The maximum atomic E-state index is 11.8. The Labute approximate surface area is 119 Å². The second-order valence-corrected chi connectivity index (χ2v) is 5.28. The molecule has 1 fully saturated rings. The quantitative estimate of drug-likeness (QED) is 0.833. The molecule has 0 atom stereocenters. The zero-order chi connectivity index (χ0) is 14.2. The topological polar surface area (TPSA) is 58.2 Å². The van der Waals surface area contributed by atoms with E-state index in [4.69, 9.17) is 0 Å². The van der Waals surface area contributed by atoms with Gasteiger partial charge in [0.15, 0.2) is 0 Å². The Bertz CT molecular complexity index is 439. The number of nitrogens with one attached hydrogen (secondary N) is 2. The highest BCUT2D eigenvalue weighted by Crippen LogP contribution is 2.24. The van der Waals surface area contributed by atoms with Gasteiger partial charge in [-0.25, -0.2) is 0 Å². The molecule has 108 valence electrons. The number of carbonyl (C=O) groups is 2. The number of amides is 2. The lowest BCUT2D eigenvalue weighted by molar-refractivity contribution is -0.125. The van der Waals surface area contributed by atoms with Crippen molar-refractivity contribution in [3.8, 4) is 0 Å². The van der Waals surface area contributed by atoms with E-state index < -0.39 is 0 Å². The highest BCUT2D eigenvalue weighted by atomic mass is 16.2. The molecule has 0 spiro atoms. The van der Waals surface area contributed by atoms with Crippen LogP contribution in [0.25, 0.3) is 0 Å². The van der Waals surface area contributed by atoms with Gasteiger partial charge in [-0.2, -0.15) is 0 Å². The second-order valence-electron chi connectivity index (χ2n) is 5.28. The number of rotatable bonds is 6. The van der Waals surface area contributed by atoms with Gasteiger partial charge in [-0.15, -0.1) is 0 Å². The third-order valence-electron chi connectivity index (χ3n) is 3.71. The molecule has 0 aliphatic heterocycles. The van der Waals surface area contributed by atoms with Crippen molar-refractivity contribution in [2.75, 3.05) is 6.54 Å². The molecule has 1 aliphatic rings. The Morgan fingerprint density at radius 2 is 1.75 bits per heavy atom. The van der Waals surface area contributed by atoms with Gasteiger partial charge < -0.3 is 10.6 Å². The van der Waals surface area contributed by atoms with Crippen molar-refractivity contribution < 1.29 is 9.59 Å². The van der Waals surface area contributed by atoms with E-state index in [9.17, 15) is 9.59 Å². The van der Waals surface area contributed by atoms with Crippen molar-refractivity contribution in [2.24, 2.45) is 5.92 Å². The molecule has 1 saturated carbocycles. The van der Waals surface area contributed by atoms with Gasteiger partial charge in [-0.3, -0.25) is 9.59 Å². The molecule has 0 bridgehead atoms. The molecule has 2 amide bonds. The van der Waals surface area contributed by atoms with E-state index in [2.05, 4.69) is 10.6 Å². The minimum atomic E-state index is -0.0272. The summed E-state index contributed by atoms with van der Waals surface area (Å²) in [6.07, 6.45) is 4.62. The summed E-state index contributed by atoms with van der Waals surface area (Å²) in [4.78, 5) is 23.4. The van der Waals surface area contributed by atoms with Gasteiger partial charge in [0, 0.05) is 25.4 Å². The van der Waals surface area contributed by atoms with Crippen molar-refractivity contribution in [1.82, 2.24) is 10.6 Å². The van der Waals surface area contributed by atoms with Gasteiger partial charge in [-0.1, -0.05) is 43.2 Å². The van der Waals surface area contributed by atoms with Crippen LogP contribution in [0.15, 0.2) is 30.3 Å². The van der Waals surface area contributed by atoms with E-state index in [-0.39, 0.29) is 17.7 Å². The van der Waals surface area contributed by atoms with Crippen LogP contribution in [0.5, 0.6) is 0 Å². The monoisotopic (exact) mass is 274 g/mol. The molecule has 2 rings (SSSR count). The van der Waals surface area contributed by atoms with Crippen molar-refractivity contribution in [3.05, 3.63) is 35.9 Å². The normalized spacial score (nSPS) is 15.0. The van der Waals surface area contributed by atoms with E-state index in [0.29, 0.717) is 19.5 Å². The summed E-state index contributed by atoms with van der Waals surface area (Å²) >= 11 is 0. The Balaban J connectivity index is 1.59. The molecular weight excluding hydrogens is 252 g/mol. The van der Waals surface area contributed by atoms with Crippen molar-refractivity contribution >= 4 is 11.8 Å². The second kappa shape index (κ2) is 7.68. The molecule has 4 heteroatoms. The van der Waals surface area contributed by atoms with Crippen LogP contribution in [0.3, 0.4) is 0 Å². The predicted octanol–water partition coefficient (Wildman–Crippen LogP) is 2.00. The Kier molecular flexibility index (Phi) is 5.59. The molecule has 0 saturated heterocycles. The summed E-state index contributed by atoms with van der Waals surface area (Å²) in [6.45, 7) is 0.964. The summed E-state index contributed by atoms with van der Waals surface area (Å²) in [5, 5.41) is 5.71. The number of benzene rings is 1. The van der Waals surface area contributed by atoms with E-state index >= 15 is 0 Å². The largest absolute Gasteiger partial charge is 0.355 e. The first-order valence-corrected chi connectivity index (χ1v) is 7.34. The molecule has 0 heterocycles. The summed E-state index contributed by atoms with van der Waals surface area (Å²) in [7, 11) is 0. The van der Waals surface area contributed by atoms with E-state index in [1.165, 1.54) is 0 Å². The lowest BCUT2D eigenvalue weighted by atomic mass is 10.1. The fraction of sp³-hybridized carbons (Fsp3) is 0.500. The molecule has 0 unspecified atom stereocenters. The van der Waals surface area contributed by atoms with Crippen LogP contribution in [0.4, 0.5) is 0 Å². The molecular formula is C16H22N2O2. The van der Waals surface area contributed by atoms with Crippen LogP contribution in [-0.4, -0.2) is 18.4 Å². The molecule has 2 N–H and O–H groups in total. The van der Waals surface area contributed by atoms with Crippen molar-refractivity contribution in [2.45, 2.75) is 38.6 Å². The lowest BCUT2D eigenvalue weighted by Gasteiger charge is -2.10. The third kappa shape index (κ3) is 4.68. The average Bonchev–Trinajstić information content (AvgIpc) is 3.00. The van der Waals surface area contributed by atoms with E-state index in [1.54, 1.807) is 0 Å². The molecule has 0 aromatic heterocycles. The predicted molar refractivity (Wildman–Crippen MR) is 77.9 cm³/mol. The van der Waals surface area contributed by atoms with Gasteiger partial charge in [0.1, 0.15) is 0 Å². The van der Waals surface area contributed by atoms with Gasteiger partial charge >= 0.3 is 0 Å². The maximum Gasteiger partial charge on any atom is 0.223 e. The summed E-state index contributed by atoms with van der Waals surface area (Å²) in [6, 6.07) is 9.79. The lowest BCUT2D eigenvalue weighted by Crippen LogP contribution is -2.33. The first kappa shape index (κ1) is 14.6. The minimum absolute atomic E-state index is 0.0272. The maximum absolute atomic E-state index is 11.8. The number of hydrogen-bond donors (Lipinski definition) is 2. The Morgan fingerprint density at radius 1 is 1.05 bits per heavy atom. The summed E-state index contributed by atoms with van der Waals surface area (Å²) < 4.78 is 0. The SMILES string of the molecule is O=C(CCNC(=O)C1CCCC1)NCc1ccccc1. The van der Waals surface area contributed by atoms with Crippen LogP contribution in [0, 0.1) is 5.92 Å². The zero-order valence-electron chi connectivity index (χ0n) is 11.7. The van der Waals surface area contributed by atoms with E-state index in [0.717, 1.165) is 31.2 Å². The molecule has 20 heavy (non-hydrogen) atoms. The van der Waals surface area contributed by atoms with Gasteiger partial charge in [0.25, 0.3) is 0 Å². The summed E-state index contributed by atoms with van der Waals surface area (Å²) in [5.74, 6) is 0.251. The highest BCUT2D eigenvalue weighted by Gasteiger charge is 2.22. The Hall–Kier alpha value is -1.84. The minimum Gasteiger partial charge on any atom is -0.355 e. The summed E-state index contributed by atoms with van der Waals surface area (Å²) in [5.41, 5.74) is 1.08. The van der Waals surface area contributed by atoms with Crippen LogP contribution in [0.1, 0.15) is 37.7 Å². The zero-order valence-corrected chi connectivity index (χ0v) is 11.7.